The van der Waals surface area contributed by atoms with Gasteiger partial charge >= 0.3 is 0 Å². The smallest absolute Gasteiger partial charge is 0.275 e. The first kappa shape index (κ1) is 11.0. The Bertz CT molecular complexity index is 541. The van der Waals surface area contributed by atoms with E-state index in [0.717, 1.165) is 0 Å². The van der Waals surface area contributed by atoms with Crippen LogP contribution in [0.5, 0.6) is 0 Å². The van der Waals surface area contributed by atoms with Crippen LogP contribution in [0.25, 0.3) is 0 Å². The lowest BCUT2D eigenvalue weighted by Crippen LogP contribution is -2.14. The van der Waals surface area contributed by atoms with Gasteiger partial charge in [-0.15, -0.1) is 0 Å². The topological polar surface area (TPSA) is 80.9 Å². The maximum atomic E-state index is 12.6. The molecule has 0 fully saturated rings. The molecule has 0 spiro atoms. The summed E-state index contributed by atoms with van der Waals surface area (Å²) in [5, 5.41) is 2.55. The normalized spacial score (nSPS) is 9.94. The van der Waals surface area contributed by atoms with E-state index in [1.807, 2.05) is 0 Å². The fourth-order valence-electron chi connectivity index (χ4n) is 1.22. The number of nitrogen functional groups attached to an aromatic ring is 1. The number of amides is 1. The third-order valence-corrected chi connectivity index (χ3v) is 1.99. The molecule has 0 unspecified atom stereocenters. The summed E-state index contributed by atoms with van der Waals surface area (Å²) in [6, 6.07) is 5.40. The zero-order valence-electron chi connectivity index (χ0n) is 8.72. The summed E-state index contributed by atoms with van der Waals surface area (Å²) in [6.45, 7) is 0. The van der Waals surface area contributed by atoms with Crippen molar-refractivity contribution in [2.45, 2.75) is 0 Å². The van der Waals surface area contributed by atoms with Crippen LogP contribution in [0.3, 0.4) is 0 Å². The average molecular weight is 232 g/mol. The highest BCUT2D eigenvalue weighted by molar-refractivity contribution is 6.02. The molecule has 6 heteroatoms. The van der Waals surface area contributed by atoms with E-state index in [1.165, 1.54) is 36.7 Å². The maximum absolute atomic E-state index is 12.6. The maximum Gasteiger partial charge on any atom is 0.275 e. The van der Waals surface area contributed by atoms with E-state index in [2.05, 4.69) is 15.3 Å². The quantitative estimate of drug-likeness (QED) is 0.821. The van der Waals surface area contributed by atoms with Gasteiger partial charge in [0.1, 0.15) is 17.3 Å². The van der Waals surface area contributed by atoms with Crippen LogP contribution in [0.2, 0.25) is 0 Å². The number of aromatic nitrogens is 2. The standard InChI is InChI=1S/C11H9FN4O/c12-7-1-3-8(4-2-7)15-11(17)9-5-14-6-10(13)16-9/h1-6H,(H2,13,16)(H,15,17). The van der Waals surface area contributed by atoms with Crippen LogP contribution in [0.1, 0.15) is 10.5 Å². The Morgan fingerprint density at radius 2 is 1.94 bits per heavy atom. The minimum atomic E-state index is -0.448. The number of benzene rings is 1. The molecule has 2 aromatic rings. The van der Waals surface area contributed by atoms with Crippen LogP contribution < -0.4 is 11.1 Å². The van der Waals surface area contributed by atoms with Gasteiger partial charge in [-0.2, -0.15) is 0 Å². The number of anilines is 2. The van der Waals surface area contributed by atoms with Gasteiger partial charge in [0.2, 0.25) is 0 Å². The fourth-order valence-corrected chi connectivity index (χ4v) is 1.22. The number of rotatable bonds is 2. The minimum absolute atomic E-state index is 0.106. The second-order valence-corrected chi connectivity index (χ2v) is 3.29. The minimum Gasteiger partial charge on any atom is -0.382 e. The van der Waals surface area contributed by atoms with Gasteiger partial charge in [-0.1, -0.05) is 0 Å². The van der Waals surface area contributed by atoms with Crippen molar-refractivity contribution in [3.63, 3.8) is 0 Å². The Kier molecular flexibility index (Phi) is 2.95. The first-order chi connectivity index (χ1) is 8.15. The molecule has 0 aliphatic rings. The average Bonchev–Trinajstić information content (AvgIpc) is 2.32. The molecule has 0 bridgehead atoms. The lowest BCUT2D eigenvalue weighted by molar-refractivity contribution is 0.102. The molecule has 0 radical (unpaired) electrons. The Morgan fingerprint density at radius 1 is 1.24 bits per heavy atom. The van der Waals surface area contributed by atoms with E-state index in [0.29, 0.717) is 5.69 Å². The van der Waals surface area contributed by atoms with Crippen LogP contribution >= 0.6 is 0 Å². The number of halogens is 1. The van der Waals surface area contributed by atoms with Gasteiger partial charge < -0.3 is 11.1 Å². The highest BCUT2D eigenvalue weighted by atomic mass is 19.1. The molecule has 1 amide bonds. The molecule has 0 aliphatic heterocycles. The van der Waals surface area contributed by atoms with Crippen LogP contribution in [-0.4, -0.2) is 15.9 Å². The number of hydrogen-bond acceptors (Lipinski definition) is 4. The first-order valence-corrected chi connectivity index (χ1v) is 4.79. The molecule has 1 aromatic heterocycles. The molecule has 0 saturated heterocycles. The second-order valence-electron chi connectivity index (χ2n) is 3.29. The van der Waals surface area contributed by atoms with Gasteiger partial charge in [-0.3, -0.25) is 9.78 Å². The van der Waals surface area contributed by atoms with Gasteiger partial charge in [0.15, 0.2) is 0 Å². The van der Waals surface area contributed by atoms with Gasteiger partial charge in [0.25, 0.3) is 5.91 Å². The van der Waals surface area contributed by atoms with Crippen molar-refractivity contribution in [2.75, 3.05) is 11.1 Å². The van der Waals surface area contributed by atoms with Crippen LogP contribution in [0.15, 0.2) is 36.7 Å². The van der Waals surface area contributed by atoms with E-state index in [9.17, 15) is 9.18 Å². The predicted molar refractivity (Wildman–Crippen MR) is 60.8 cm³/mol. The molecular formula is C11H9FN4O. The summed E-state index contributed by atoms with van der Waals surface area (Å²) in [6.07, 6.45) is 2.64. The molecule has 17 heavy (non-hydrogen) atoms. The zero-order chi connectivity index (χ0) is 12.3. The highest BCUT2D eigenvalue weighted by Gasteiger charge is 2.08. The van der Waals surface area contributed by atoms with Crippen molar-refractivity contribution in [1.29, 1.82) is 0 Å². The van der Waals surface area contributed by atoms with E-state index in [-0.39, 0.29) is 17.3 Å². The molecule has 0 aliphatic carbocycles. The molecule has 86 valence electrons. The van der Waals surface area contributed by atoms with Crippen LogP contribution in [-0.2, 0) is 0 Å². The number of nitrogens with two attached hydrogens (primary N) is 1. The zero-order valence-corrected chi connectivity index (χ0v) is 8.72. The van der Waals surface area contributed by atoms with Crippen LogP contribution in [0.4, 0.5) is 15.9 Å². The lowest BCUT2D eigenvalue weighted by Gasteiger charge is -2.04. The van der Waals surface area contributed by atoms with Gasteiger partial charge in [0.05, 0.1) is 12.4 Å². The summed E-state index contributed by atoms with van der Waals surface area (Å²) in [4.78, 5) is 19.3. The first-order valence-electron chi connectivity index (χ1n) is 4.79. The Labute approximate surface area is 96.5 Å². The molecule has 1 heterocycles. The highest BCUT2D eigenvalue weighted by Crippen LogP contribution is 2.09. The van der Waals surface area contributed by atoms with Crippen molar-refractivity contribution in [3.8, 4) is 0 Å². The number of nitrogens with one attached hydrogen (secondary N) is 1. The predicted octanol–water partition coefficient (Wildman–Crippen LogP) is 1.45. The van der Waals surface area contributed by atoms with Crippen molar-refractivity contribution in [2.24, 2.45) is 0 Å². The molecule has 2 rings (SSSR count). The molecule has 1 aromatic carbocycles. The largest absolute Gasteiger partial charge is 0.382 e. The van der Waals surface area contributed by atoms with Crippen LogP contribution in [0, 0.1) is 5.82 Å². The van der Waals surface area contributed by atoms with Gasteiger partial charge in [0, 0.05) is 5.69 Å². The number of carbonyl (C=O) groups excluding carboxylic acids is 1. The monoisotopic (exact) mass is 232 g/mol. The molecular weight excluding hydrogens is 223 g/mol. The Balaban J connectivity index is 2.14. The number of nitrogens with zero attached hydrogens (tertiary/aromatic N) is 2. The fraction of sp³-hybridized carbons (Fsp3) is 0. The lowest BCUT2D eigenvalue weighted by atomic mass is 10.3. The summed E-state index contributed by atoms with van der Waals surface area (Å²) in [5.41, 5.74) is 5.99. The summed E-state index contributed by atoms with van der Waals surface area (Å²) in [7, 11) is 0. The Morgan fingerprint density at radius 3 is 2.59 bits per heavy atom. The van der Waals surface area contributed by atoms with Crippen molar-refractivity contribution in [1.82, 2.24) is 9.97 Å². The number of hydrogen-bond donors (Lipinski definition) is 2. The van der Waals surface area contributed by atoms with E-state index < -0.39 is 5.91 Å². The second kappa shape index (κ2) is 4.56. The van der Waals surface area contributed by atoms with Crippen molar-refractivity contribution in [3.05, 3.63) is 48.2 Å². The molecule has 5 nitrogen and oxygen atoms in total. The molecule has 3 N–H and O–H groups in total. The van der Waals surface area contributed by atoms with E-state index >= 15 is 0 Å². The summed E-state index contributed by atoms with van der Waals surface area (Å²) >= 11 is 0. The molecule has 0 atom stereocenters. The Hall–Kier alpha value is -2.50. The summed E-state index contributed by atoms with van der Waals surface area (Å²) < 4.78 is 12.6. The third-order valence-electron chi connectivity index (χ3n) is 1.99. The third kappa shape index (κ3) is 2.75. The SMILES string of the molecule is Nc1cncc(C(=O)Nc2ccc(F)cc2)n1. The molecule has 0 saturated carbocycles. The van der Waals surface area contributed by atoms with E-state index in [1.54, 1.807) is 0 Å². The van der Waals surface area contributed by atoms with Gasteiger partial charge in [-0.05, 0) is 24.3 Å². The van der Waals surface area contributed by atoms with Gasteiger partial charge in [-0.25, -0.2) is 9.37 Å². The summed E-state index contributed by atoms with van der Waals surface area (Å²) in [5.74, 6) is -0.653. The number of carbonyl (C=O) groups is 1. The van der Waals surface area contributed by atoms with E-state index in [4.69, 9.17) is 5.73 Å². The van der Waals surface area contributed by atoms with Crippen molar-refractivity contribution >= 4 is 17.4 Å². The van der Waals surface area contributed by atoms with Crippen molar-refractivity contribution < 1.29 is 9.18 Å².